The monoisotopic (exact) mass is 238 g/mol. The van der Waals surface area contributed by atoms with Crippen LogP contribution in [0.4, 0.5) is 0 Å². The van der Waals surface area contributed by atoms with Gasteiger partial charge >= 0.3 is 0 Å². The van der Waals surface area contributed by atoms with E-state index in [1.807, 2.05) is 4.68 Å². The van der Waals surface area contributed by atoms with Gasteiger partial charge in [-0.1, -0.05) is 6.92 Å². The molecule has 0 fully saturated rings. The highest BCUT2D eigenvalue weighted by Crippen LogP contribution is 2.10. The van der Waals surface area contributed by atoms with Gasteiger partial charge in [-0.3, -0.25) is 9.58 Å². The second-order valence-electron chi connectivity index (χ2n) is 4.46. The number of nitrogens with zero attached hydrogens (tertiary/aromatic N) is 3. The molecule has 1 aromatic heterocycles. The summed E-state index contributed by atoms with van der Waals surface area (Å²) in [6.07, 6.45) is 4.47. The molecule has 0 radical (unpaired) electrons. The number of hydrogen-bond donors (Lipinski definition) is 1. The van der Waals surface area contributed by atoms with Gasteiger partial charge in [0.2, 0.25) is 0 Å². The molecule has 0 amide bonds. The molecular formula is C13H26N4. The van der Waals surface area contributed by atoms with Crippen molar-refractivity contribution in [3.63, 3.8) is 0 Å². The molecule has 0 unspecified atom stereocenters. The lowest BCUT2D eigenvalue weighted by atomic mass is 10.2. The van der Waals surface area contributed by atoms with Crippen molar-refractivity contribution in [1.82, 2.24) is 14.7 Å². The molecule has 0 aliphatic carbocycles. The molecule has 17 heavy (non-hydrogen) atoms. The number of nitrogens with two attached hydrogens (primary N) is 1. The molecule has 1 rings (SSSR count). The van der Waals surface area contributed by atoms with Gasteiger partial charge in [0.15, 0.2) is 0 Å². The van der Waals surface area contributed by atoms with E-state index in [2.05, 4.69) is 37.0 Å². The third-order valence-corrected chi connectivity index (χ3v) is 3.14. The zero-order valence-corrected chi connectivity index (χ0v) is 11.4. The van der Waals surface area contributed by atoms with E-state index in [1.54, 1.807) is 0 Å². The summed E-state index contributed by atoms with van der Waals surface area (Å²) in [4.78, 5) is 2.46. The first-order valence-corrected chi connectivity index (χ1v) is 6.66. The largest absolute Gasteiger partial charge is 0.330 e. The van der Waals surface area contributed by atoms with Crippen molar-refractivity contribution >= 4 is 0 Å². The van der Waals surface area contributed by atoms with Crippen LogP contribution in [-0.2, 0) is 13.1 Å². The van der Waals surface area contributed by atoms with Gasteiger partial charge in [0.05, 0.1) is 5.69 Å². The van der Waals surface area contributed by atoms with E-state index in [9.17, 15) is 0 Å². The fraction of sp³-hybridized carbons (Fsp3) is 0.769. The van der Waals surface area contributed by atoms with Crippen LogP contribution in [0, 0.1) is 6.92 Å². The highest BCUT2D eigenvalue weighted by atomic mass is 15.3. The van der Waals surface area contributed by atoms with E-state index in [-0.39, 0.29) is 0 Å². The average molecular weight is 238 g/mol. The predicted molar refractivity (Wildman–Crippen MR) is 71.9 cm³/mol. The normalized spacial score (nSPS) is 11.4. The molecular weight excluding hydrogens is 212 g/mol. The smallest absolute Gasteiger partial charge is 0.0638 e. The molecule has 1 aromatic rings. The van der Waals surface area contributed by atoms with Crippen LogP contribution in [-0.4, -0.2) is 34.3 Å². The molecule has 0 atom stereocenters. The minimum atomic E-state index is 0.796. The molecule has 4 heteroatoms. The summed E-state index contributed by atoms with van der Waals surface area (Å²) in [5.74, 6) is 0. The fourth-order valence-corrected chi connectivity index (χ4v) is 1.95. The van der Waals surface area contributed by atoms with Crippen molar-refractivity contribution in [3.8, 4) is 0 Å². The number of hydrogen-bond acceptors (Lipinski definition) is 3. The molecule has 0 aromatic carbocycles. The van der Waals surface area contributed by atoms with Gasteiger partial charge in [-0.05, 0) is 46.3 Å². The lowest BCUT2D eigenvalue weighted by Gasteiger charge is -2.19. The maximum absolute atomic E-state index is 5.52. The standard InChI is InChI=1S/C13H26N4/c1-4-16(9-7-6-8-14)10-13-11-17(5-2)15-12(13)3/h11H,4-10,14H2,1-3H3. The molecule has 0 aliphatic heterocycles. The van der Waals surface area contributed by atoms with Crippen LogP contribution >= 0.6 is 0 Å². The first kappa shape index (κ1) is 14.2. The van der Waals surface area contributed by atoms with E-state index in [4.69, 9.17) is 5.73 Å². The first-order valence-electron chi connectivity index (χ1n) is 6.66. The van der Waals surface area contributed by atoms with Gasteiger partial charge in [0.1, 0.15) is 0 Å². The molecule has 0 bridgehead atoms. The van der Waals surface area contributed by atoms with Crippen molar-refractivity contribution in [2.75, 3.05) is 19.6 Å². The van der Waals surface area contributed by atoms with Gasteiger partial charge in [0.25, 0.3) is 0 Å². The Balaban J connectivity index is 2.51. The van der Waals surface area contributed by atoms with Crippen LogP contribution in [0.15, 0.2) is 6.20 Å². The summed E-state index contributed by atoms with van der Waals surface area (Å²) in [7, 11) is 0. The van der Waals surface area contributed by atoms with Crippen LogP contribution in [0.3, 0.4) is 0 Å². The Bertz CT molecular complexity index is 319. The van der Waals surface area contributed by atoms with E-state index in [1.165, 1.54) is 12.0 Å². The maximum atomic E-state index is 5.52. The first-order chi connectivity index (χ1) is 8.21. The molecule has 1 heterocycles. The molecule has 2 N–H and O–H groups in total. The Morgan fingerprint density at radius 1 is 1.35 bits per heavy atom. The second-order valence-corrected chi connectivity index (χ2v) is 4.46. The quantitative estimate of drug-likeness (QED) is 0.702. The lowest BCUT2D eigenvalue weighted by molar-refractivity contribution is 0.274. The van der Waals surface area contributed by atoms with Crippen LogP contribution in [0.1, 0.15) is 37.9 Å². The number of rotatable bonds is 8. The minimum absolute atomic E-state index is 0.796. The van der Waals surface area contributed by atoms with Gasteiger partial charge in [0, 0.05) is 24.8 Å². The summed E-state index contributed by atoms with van der Waals surface area (Å²) in [5, 5.41) is 4.48. The molecule has 0 saturated heterocycles. The Labute approximate surface area is 105 Å². The summed E-state index contributed by atoms with van der Waals surface area (Å²) < 4.78 is 2.01. The number of aryl methyl sites for hydroxylation is 2. The summed E-state index contributed by atoms with van der Waals surface area (Å²) in [6.45, 7) is 11.4. The molecule has 0 aliphatic rings. The fourth-order valence-electron chi connectivity index (χ4n) is 1.95. The van der Waals surface area contributed by atoms with Crippen molar-refractivity contribution in [3.05, 3.63) is 17.5 Å². The molecule has 4 nitrogen and oxygen atoms in total. The zero-order valence-electron chi connectivity index (χ0n) is 11.4. The van der Waals surface area contributed by atoms with Crippen LogP contribution < -0.4 is 5.73 Å². The van der Waals surface area contributed by atoms with Crippen LogP contribution in [0.25, 0.3) is 0 Å². The molecule has 98 valence electrons. The van der Waals surface area contributed by atoms with E-state index >= 15 is 0 Å². The van der Waals surface area contributed by atoms with E-state index < -0.39 is 0 Å². The van der Waals surface area contributed by atoms with Gasteiger partial charge < -0.3 is 5.73 Å². The second kappa shape index (κ2) is 7.45. The number of unbranched alkanes of at least 4 members (excludes halogenated alkanes) is 1. The predicted octanol–water partition coefficient (Wildman–Crippen LogP) is 1.77. The van der Waals surface area contributed by atoms with E-state index in [0.29, 0.717) is 0 Å². The van der Waals surface area contributed by atoms with Crippen molar-refractivity contribution in [2.24, 2.45) is 5.73 Å². The number of aromatic nitrogens is 2. The highest BCUT2D eigenvalue weighted by Gasteiger charge is 2.08. The van der Waals surface area contributed by atoms with E-state index in [0.717, 1.165) is 44.8 Å². The molecule has 0 saturated carbocycles. The topological polar surface area (TPSA) is 47.1 Å². The Morgan fingerprint density at radius 2 is 2.12 bits per heavy atom. The lowest BCUT2D eigenvalue weighted by Crippen LogP contribution is -2.24. The third kappa shape index (κ3) is 4.48. The third-order valence-electron chi connectivity index (χ3n) is 3.14. The average Bonchev–Trinajstić information content (AvgIpc) is 2.69. The Morgan fingerprint density at radius 3 is 2.65 bits per heavy atom. The van der Waals surface area contributed by atoms with Gasteiger partial charge in [-0.2, -0.15) is 5.10 Å². The minimum Gasteiger partial charge on any atom is -0.330 e. The summed E-state index contributed by atoms with van der Waals surface area (Å²) >= 11 is 0. The maximum Gasteiger partial charge on any atom is 0.0638 e. The highest BCUT2D eigenvalue weighted by molar-refractivity contribution is 5.15. The van der Waals surface area contributed by atoms with Gasteiger partial charge in [-0.25, -0.2) is 0 Å². The Hall–Kier alpha value is -0.870. The van der Waals surface area contributed by atoms with Crippen molar-refractivity contribution in [2.45, 2.75) is 46.7 Å². The summed E-state index contributed by atoms with van der Waals surface area (Å²) in [5.41, 5.74) is 8.03. The molecule has 0 spiro atoms. The van der Waals surface area contributed by atoms with Crippen molar-refractivity contribution < 1.29 is 0 Å². The summed E-state index contributed by atoms with van der Waals surface area (Å²) in [6, 6.07) is 0. The zero-order chi connectivity index (χ0) is 12.7. The van der Waals surface area contributed by atoms with Crippen molar-refractivity contribution in [1.29, 1.82) is 0 Å². The SMILES string of the molecule is CCN(CCCCN)Cc1cn(CC)nc1C. The Kier molecular flexibility index (Phi) is 6.22. The van der Waals surface area contributed by atoms with Crippen LogP contribution in [0.2, 0.25) is 0 Å². The van der Waals surface area contributed by atoms with Gasteiger partial charge in [-0.15, -0.1) is 0 Å². The van der Waals surface area contributed by atoms with Crippen LogP contribution in [0.5, 0.6) is 0 Å².